The van der Waals surface area contributed by atoms with Crippen molar-refractivity contribution >= 4 is 11.6 Å². The second-order valence-electron chi connectivity index (χ2n) is 6.44. The van der Waals surface area contributed by atoms with E-state index in [0.29, 0.717) is 19.4 Å². The molecule has 0 aromatic heterocycles. The van der Waals surface area contributed by atoms with Crippen LogP contribution in [0.4, 0.5) is 0 Å². The fourth-order valence-corrected chi connectivity index (χ4v) is 3.44. The third kappa shape index (κ3) is 2.40. The molecule has 1 saturated heterocycles. The van der Waals surface area contributed by atoms with Gasteiger partial charge in [0.25, 0.3) is 0 Å². The second-order valence-corrected chi connectivity index (χ2v) is 6.44. The number of nitrogens with one attached hydrogen (secondary N) is 1. The van der Waals surface area contributed by atoms with Gasteiger partial charge in [0.2, 0.25) is 5.91 Å². The summed E-state index contributed by atoms with van der Waals surface area (Å²) in [6, 6.07) is 12.3. The monoisotopic (exact) mass is 296 g/mol. The molecule has 3 rings (SSSR count). The third-order valence-electron chi connectivity index (χ3n) is 4.67. The fraction of sp³-hybridized carbons (Fsp3) is 0.471. The lowest BCUT2D eigenvalue weighted by molar-refractivity contribution is -0.130. The van der Waals surface area contributed by atoms with Gasteiger partial charge in [-0.2, -0.15) is 10.4 Å². The van der Waals surface area contributed by atoms with Crippen molar-refractivity contribution in [2.45, 2.75) is 38.8 Å². The van der Waals surface area contributed by atoms with Gasteiger partial charge in [-0.3, -0.25) is 9.69 Å². The van der Waals surface area contributed by atoms with Crippen LogP contribution in [0.5, 0.6) is 0 Å². The standard InChI is InChI=1S/C17H20N4O/c1-12(2)21-11-17(8-14(21)10-18)9-15(19-20-16(17)22)13-6-4-3-5-7-13/h3-7,12,14H,8-9,11H2,1-2H3,(H,20,22)/t14-,17+/m0/s1. The lowest BCUT2D eigenvalue weighted by atomic mass is 9.77. The van der Waals surface area contributed by atoms with Gasteiger partial charge in [0, 0.05) is 19.0 Å². The maximum Gasteiger partial charge on any atom is 0.248 e. The number of rotatable bonds is 2. The maximum absolute atomic E-state index is 12.5. The molecule has 2 heterocycles. The number of hydrazone groups is 1. The Morgan fingerprint density at radius 1 is 1.41 bits per heavy atom. The van der Waals surface area contributed by atoms with Gasteiger partial charge in [0.05, 0.1) is 23.2 Å². The Morgan fingerprint density at radius 2 is 2.14 bits per heavy atom. The summed E-state index contributed by atoms with van der Waals surface area (Å²) in [5.74, 6) is -0.0596. The van der Waals surface area contributed by atoms with E-state index in [4.69, 9.17) is 0 Å². The minimum absolute atomic E-state index is 0.0596. The van der Waals surface area contributed by atoms with E-state index in [1.54, 1.807) is 0 Å². The molecule has 0 radical (unpaired) electrons. The summed E-state index contributed by atoms with van der Waals surface area (Å²) in [7, 11) is 0. The molecule has 1 N–H and O–H groups in total. The Morgan fingerprint density at radius 3 is 2.73 bits per heavy atom. The first kappa shape index (κ1) is 14.7. The first-order valence-corrected chi connectivity index (χ1v) is 7.63. The molecular formula is C17H20N4O. The second kappa shape index (κ2) is 5.54. The predicted molar refractivity (Wildman–Crippen MR) is 84.0 cm³/mol. The number of carbonyl (C=O) groups is 1. The average molecular weight is 296 g/mol. The molecule has 0 saturated carbocycles. The molecule has 5 nitrogen and oxygen atoms in total. The van der Waals surface area contributed by atoms with Crippen molar-refractivity contribution in [2.75, 3.05) is 6.54 Å². The van der Waals surface area contributed by atoms with Crippen molar-refractivity contribution in [1.29, 1.82) is 5.26 Å². The number of carbonyl (C=O) groups excluding carboxylic acids is 1. The molecule has 2 aliphatic rings. The predicted octanol–water partition coefficient (Wildman–Crippen LogP) is 1.90. The van der Waals surface area contributed by atoms with Crippen LogP contribution in [0.1, 0.15) is 32.3 Å². The summed E-state index contributed by atoms with van der Waals surface area (Å²) < 4.78 is 0. The Bertz CT molecular complexity index is 646. The van der Waals surface area contributed by atoms with Crippen molar-refractivity contribution in [3.8, 4) is 6.07 Å². The molecule has 5 heteroatoms. The van der Waals surface area contributed by atoms with Crippen LogP contribution in [0, 0.1) is 16.7 Å². The Kier molecular flexibility index (Phi) is 3.71. The summed E-state index contributed by atoms with van der Waals surface area (Å²) in [5.41, 5.74) is 4.05. The van der Waals surface area contributed by atoms with E-state index in [0.717, 1.165) is 11.3 Å². The Labute approximate surface area is 130 Å². The van der Waals surface area contributed by atoms with E-state index in [-0.39, 0.29) is 18.0 Å². The molecule has 114 valence electrons. The van der Waals surface area contributed by atoms with Crippen LogP contribution in [0.25, 0.3) is 0 Å². The minimum atomic E-state index is -0.544. The Balaban J connectivity index is 1.90. The van der Waals surface area contributed by atoms with Crippen LogP contribution >= 0.6 is 0 Å². The van der Waals surface area contributed by atoms with Crippen molar-refractivity contribution in [1.82, 2.24) is 10.3 Å². The molecule has 22 heavy (non-hydrogen) atoms. The van der Waals surface area contributed by atoms with Crippen LogP contribution in [0.2, 0.25) is 0 Å². The molecule has 2 atom stereocenters. The summed E-state index contributed by atoms with van der Waals surface area (Å²) in [6.45, 7) is 4.74. The van der Waals surface area contributed by atoms with Gasteiger partial charge in [-0.05, 0) is 25.8 Å². The number of nitrogens with zero attached hydrogens (tertiary/aromatic N) is 3. The molecule has 1 aromatic rings. The van der Waals surface area contributed by atoms with Crippen LogP contribution in [-0.2, 0) is 4.79 Å². The van der Waals surface area contributed by atoms with Gasteiger partial charge < -0.3 is 0 Å². The number of benzene rings is 1. The smallest absolute Gasteiger partial charge is 0.248 e. The summed E-state index contributed by atoms with van der Waals surface area (Å²) in [6.07, 6.45) is 1.16. The molecule has 0 aliphatic carbocycles. The number of amides is 1. The fourth-order valence-electron chi connectivity index (χ4n) is 3.44. The summed E-state index contributed by atoms with van der Waals surface area (Å²) >= 11 is 0. The highest BCUT2D eigenvalue weighted by Crippen LogP contribution is 2.41. The van der Waals surface area contributed by atoms with Gasteiger partial charge in [0.1, 0.15) is 0 Å². The lowest BCUT2D eigenvalue weighted by Gasteiger charge is -2.32. The van der Waals surface area contributed by atoms with Gasteiger partial charge in [0.15, 0.2) is 0 Å². The number of hydrogen-bond acceptors (Lipinski definition) is 4. The van der Waals surface area contributed by atoms with E-state index in [1.165, 1.54) is 0 Å². The third-order valence-corrected chi connectivity index (χ3v) is 4.67. The van der Waals surface area contributed by atoms with Gasteiger partial charge in [-0.15, -0.1) is 0 Å². The zero-order chi connectivity index (χ0) is 15.7. The van der Waals surface area contributed by atoms with Crippen molar-refractivity contribution < 1.29 is 4.79 Å². The summed E-state index contributed by atoms with van der Waals surface area (Å²) in [5, 5.41) is 13.7. The first-order chi connectivity index (χ1) is 10.6. The topological polar surface area (TPSA) is 68.5 Å². The highest BCUT2D eigenvalue weighted by Gasteiger charge is 2.52. The van der Waals surface area contributed by atoms with Gasteiger partial charge >= 0.3 is 0 Å². The van der Waals surface area contributed by atoms with Gasteiger partial charge in [-0.25, -0.2) is 5.43 Å². The quantitative estimate of drug-likeness (QED) is 0.906. The maximum atomic E-state index is 12.5. The number of nitriles is 1. The van der Waals surface area contributed by atoms with E-state index < -0.39 is 5.41 Å². The largest absolute Gasteiger partial charge is 0.284 e. The molecule has 1 fully saturated rings. The highest BCUT2D eigenvalue weighted by atomic mass is 16.2. The van der Waals surface area contributed by atoms with Crippen LogP contribution in [-0.4, -0.2) is 35.1 Å². The molecule has 1 spiro atoms. The van der Waals surface area contributed by atoms with E-state index in [2.05, 4.69) is 35.3 Å². The average Bonchev–Trinajstić information content (AvgIpc) is 2.91. The van der Waals surface area contributed by atoms with E-state index in [1.807, 2.05) is 30.3 Å². The van der Waals surface area contributed by atoms with Crippen LogP contribution in [0.15, 0.2) is 35.4 Å². The normalized spacial score (nSPS) is 28.5. The number of likely N-dealkylation sites (tertiary alicyclic amines) is 1. The van der Waals surface area contributed by atoms with E-state index in [9.17, 15) is 10.1 Å². The van der Waals surface area contributed by atoms with Crippen molar-refractivity contribution in [3.63, 3.8) is 0 Å². The minimum Gasteiger partial charge on any atom is -0.284 e. The van der Waals surface area contributed by atoms with Crippen LogP contribution < -0.4 is 5.43 Å². The van der Waals surface area contributed by atoms with E-state index >= 15 is 0 Å². The van der Waals surface area contributed by atoms with Crippen molar-refractivity contribution in [2.24, 2.45) is 10.5 Å². The molecular weight excluding hydrogens is 276 g/mol. The first-order valence-electron chi connectivity index (χ1n) is 7.63. The Hall–Kier alpha value is -2.19. The lowest BCUT2D eigenvalue weighted by Crippen LogP contribution is -2.47. The molecule has 2 aliphatic heterocycles. The molecule has 1 amide bonds. The molecule has 0 bridgehead atoms. The zero-order valence-electron chi connectivity index (χ0n) is 12.9. The molecule has 1 aromatic carbocycles. The summed E-state index contributed by atoms with van der Waals surface area (Å²) in [4.78, 5) is 14.6. The number of hydrogen-bond donors (Lipinski definition) is 1. The zero-order valence-corrected chi connectivity index (χ0v) is 12.9. The van der Waals surface area contributed by atoms with Gasteiger partial charge in [-0.1, -0.05) is 30.3 Å². The molecule has 0 unspecified atom stereocenters. The van der Waals surface area contributed by atoms with Crippen LogP contribution in [0.3, 0.4) is 0 Å². The SMILES string of the molecule is CC(C)N1C[C@]2(CC(c3ccccc3)=NNC2=O)C[C@H]1C#N. The van der Waals surface area contributed by atoms with Crippen molar-refractivity contribution in [3.05, 3.63) is 35.9 Å². The highest BCUT2D eigenvalue weighted by molar-refractivity contribution is 6.06.